The van der Waals surface area contributed by atoms with E-state index in [2.05, 4.69) is 525 Å². The lowest BCUT2D eigenvalue weighted by Crippen LogP contribution is -2.18. The smallest absolute Gasteiger partial charge is 0.136 e. The summed E-state index contributed by atoms with van der Waals surface area (Å²) < 4.78 is 12.5. The first-order chi connectivity index (χ1) is 71.0. The van der Waals surface area contributed by atoms with E-state index in [0.717, 1.165) is 100 Å². The summed E-state index contributed by atoms with van der Waals surface area (Å²) in [6.07, 6.45) is 0. The number of hydrogen-bond donors (Lipinski definition) is 0. The lowest BCUT2D eigenvalue weighted by molar-refractivity contribution is 0.660. The summed E-state index contributed by atoms with van der Waals surface area (Å²) in [5, 5.41) is 12.2. The molecule has 0 aliphatic heterocycles. The third kappa shape index (κ3) is 15.0. The van der Waals surface area contributed by atoms with Crippen molar-refractivity contribution < 1.29 is 8.83 Å². The molecule has 0 bridgehead atoms. The van der Waals surface area contributed by atoms with Gasteiger partial charge in [0.2, 0.25) is 0 Å². The molecule has 0 radical (unpaired) electrons. The number of fused-ring (bicyclic) bond motifs is 18. The van der Waals surface area contributed by atoms with Gasteiger partial charge in [0.1, 0.15) is 22.3 Å². The van der Waals surface area contributed by atoms with Crippen molar-refractivity contribution in [3.05, 3.63) is 531 Å². The Labute approximate surface area is 845 Å². The van der Waals surface area contributed by atoms with Gasteiger partial charge >= 0.3 is 0 Å². The zero-order chi connectivity index (χ0) is 96.9. The molecule has 686 valence electrons. The molecule has 0 unspecified atom stereocenters. The fourth-order valence-electron chi connectivity index (χ4n) is 23.5. The summed E-state index contributed by atoms with van der Waals surface area (Å²) in [6, 6.07) is 183. The van der Waals surface area contributed by atoms with E-state index >= 15 is 0 Å². The second-order valence-electron chi connectivity index (χ2n) is 41.1. The quantitative estimate of drug-likeness (QED) is 0.102. The number of rotatable bonds is 15. The predicted molar refractivity (Wildman–Crippen MR) is 611 cm³/mol. The Hall–Kier alpha value is -18.0. The van der Waals surface area contributed by atoms with E-state index in [9.17, 15) is 0 Å². The van der Waals surface area contributed by atoms with Crippen LogP contribution < -0.4 is 9.80 Å². The maximum Gasteiger partial charge on any atom is 0.136 e. The van der Waals surface area contributed by atoms with Gasteiger partial charge in [0.05, 0.1) is 0 Å². The molecule has 3 aliphatic carbocycles. The topological polar surface area (TPSA) is 32.8 Å². The Kier molecular flexibility index (Phi) is 20.3. The van der Waals surface area contributed by atoms with Crippen molar-refractivity contribution in [3.8, 4) is 134 Å². The second kappa shape index (κ2) is 34.2. The average Bonchev–Trinajstić information content (AvgIpc) is 1.52. The fourth-order valence-corrected chi connectivity index (χ4v) is 23.5. The molecule has 3 aliphatic rings. The minimum absolute atomic E-state index is 0.206. The molecule has 28 rings (SSSR count). The van der Waals surface area contributed by atoms with E-state index in [4.69, 9.17) is 8.83 Å². The Balaban J connectivity index is 0.000000145. The highest BCUT2D eigenvalue weighted by molar-refractivity contribution is 6.08. The summed E-state index contributed by atoms with van der Waals surface area (Å²) in [7, 11) is 0. The number of nitrogens with zero attached hydrogens (tertiary/aromatic N) is 2. The summed E-state index contributed by atoms with van der Waals surface area (Å²) in [5.41, 5.74) is 47.2. The van der Waals surface area contributed by atoms with Gasteiger partial charge in [-0.3, -0.25) is 0 Å². The first kappa shape index (κ1) is 86.2. The van der Waals surface area contributed by atoms with Crippen LogP contribution in [0.4, 0.5) is 34.1 Å². The number of anilines is 6. The molecular weight excluding hydrogens is 1750 g/mol. The van der Waals surface area contributed by atoms with E-state index < -0.39 is 0 Å². The van der Waals surface area contributed by atoms with Crippen LogP contribution in [0.3, 0.4) is 0 Å². The lowest BCUT2D eigenvalue weighted by atomic mass is 9.81. The van der Waals surface area contributed by atoms with Gasteiger partial charge < -0.3 is 18.6 Å². The summed E-state index contributed by atoms with van der Waals surface area (Å²) in [6.45, 7) is 14.3. The third-order valence-electron chi connectivity index (χ3n) is 31.6. The molecule has 145 heavy (non-hydrogen) atoms. The Morgan fingerprint density at radius 3 is 0.655 bits per heavy atom. The average molecular weight is 1850 g/mol. The maximum atomic E-state index is 6.25. The molecule has 0 atom stereocenters. The fraction of sp³-hybridized carbons (Fsp3) is 0.0638. The highest BCUT2D eigenvalue weighted by Gasteiger charge is 2.41. The van der Waals surface area contributed by atoms with Crippen LogP contribution in [-0.4, -0.2) is 0 Å². The Morgan fingerprint density at radius 2 is 0.338 bits per heavy atom. The van der Waals surface area contributed by atoms with Crippen molar-refractivity contribution in [2.45, 2.75) is 57.8 Å². The molecule has 2 aromatic heterocycles. The zero-order valence-corrected chi connectivity index (χ0v) is 81.6. The molecule has 0 saturated carbocycles. The molecule has 4 nitrogen and oxygen atoms in total. The van der Waals surface area contributed by atoms with Crippen molar-refractivity contribution in [3.63, 3.8) is 0 Å². The molecule has 2 heterocycles. The van der Waals surface area contributed by atoms with Crippen LogP contribution in [0, 0.1) is 0 Å². The van der Waals surface area contributed by atoms with Gasteiger partial charge in [-0.15, -0.1) is 0 Å². The largest absolute Gasteiger partial charge is 0.456 e. The highest BCUT2D eigenvalue weighted by atomic mass is 16.3. The van der Waals surface area contributed by atoms with Crippen LogP contribution in [0.2, 0.25) is 0 Å². The molecule has 0 N–H and O–H groups in total. The van der Waals surface area contributed by atoms with Gasteiger partial charge in [-0.05, 0) is 345 Å². The van der Waals surface area contributed by atoms with Gasteiger partial charge in [0, 0.05) is 71.9 Å². The predicted octanol–water partition coefficient (Wildman–Crippen LogP) is 39.5. The van der Waals surface area contributed by atoms with Crippen LogP contribution >= 0.6 is 0 Å². The molecule has 4 heteroatoms. The maximum absolute atomic E-state index is 6.25. The SMILES string of the molecule is CC1(C)c2cc(-c3ccc4ccccc4c3)ccc2-c2ccc(N(c3ccc(-c4ccc(-c5ccc6c(c5)oc5ccccc56)cc4)cc3)c3ccc4c(c3)C(C)(C)c3cc(-c5ccc6ccccc6c5)ccc3-4)cc21.CC1(C)c2cc(-c3ccc4ccccc4c3)ccc2-c2ccc(N(c3ccc(-c4ccc(-c5ccccc5)cc4)cc3)c3ccc(-c4ccc(-c5ccc6c(c5)oc5ccccc56)cc4)cc3)cc21. The summed E-state index contributed by atoms with van der Waals surface area (Å²) >= 11 is 0. The second-order valence-corrected chi connectivity index (χ2v) is 41.1. The van der Waals surface area contributed by atoms with Gasteiger partial charge in [-0.25, -0.2) is 0 Å². The van der Waals surface area contributed by atoms with E-state index in [1.165, 1.54) is 177 Å². The van der Waals surface area contributed by atoms with Gasteiger partial charge in [-0.2, -0.15) is 0 Å². The van der Waals surface area contributed by atoms with Crippen molar-refractivity contribution in [2.24, 2.45) is 0 Å². The Morgan fingerprint density at radius 1 is 0.138 bits per heavy atom. The van der Waals surface area contributed by atoms with E-state index in [0.29, 0.717) is 0 Å². The van der Waals surface area contributed by atoms with Gasteiger partial charge in [0.25, 0.3) is 0 Å². The minimum atomic E-state index is -0.225. The molecule has 0 spiro atoms. The molecule has 0 saturated heterocycles. The van der Waals surface area contributed by atoms with Crippen molar-refractivity contribution in [1.82, 2.24) is 0 Å². The molecule has 0 fully saturated rings. The van der Waals surface area contributed by atoms with Crippen LogP contribution in [0.1, 0.15) is 74.9 Å². The van der Waals surface area contributed by atoms with Crippen molar-refractivity contribution in [1.29, 1.82) is 0 Å². The Bertz CT molecular complexity index is 9300. The van der Waals surface area contributed by atoms with Crippen LogP contribution in [-0.2, 0) is 16.2 Å². The summed E-state index contributed by atoms with van der Waals surface area (Å²) in [5.74, 6) is 0. The highest BCUT2D eigenvalue weighted by Crippen LogP contribution is 2.57. The molecule has 0 amide bonds. The van der Waals surface area contributed by atoms with Crippen LogP contribution in [0.5, 0.6) is 0 Å². The molecule has 25 aromatic rings. The minimum Gasteiger partial charge on any atom is -0.456 e. The van der Waals surface area contributed by atoms with Crippen molar-refractivity contribution in [2.75, 3.05) is 9.80 Å². The van der Waals surface area contributed by atoms with Crippen LogP contribution in [0.15, 0.2) is 506 Å². The zero-order valence-electron chi connectivity index (χ0n) is 81.6. The van der Waals surface area contributed by atoms with Crippen molar-refractivity contribution >= 4 is 110 Å². The number of para-hydroxylation sites is 2. The lowest BCUT2D eigenvalue weighted by Gasteiger charge is -2.30. The first-order valence-electron chi connectivity index (χ1n) is 50.5. The van der Waals surface area contributed by atoms with Crippen LogP contribution in [0.25, 0.3) is 210 Å². The number of benzene rings is 23. The van der Waals surface area contributed by atoms with E-state index in [1.54, 1.807) is 0 Å². The number of furan rings is 2. The summed E-state index contributed by atoms with van der Waals surface area (Å²) in [4.78, 5) is 4.88. The monoisotopic (exact) mass is 1850 g/mol. The molecule has 23 aromatic carbocycles. The van der Waals surface area contributed by atoms with E-state index in [-0.39, 0.29) is 16.2 Å². The number of hydrogen-bond acceptors (Lipinski definition) is 4. The normalized spacial score (nSPS) is 13.2. The van der Waals surface area contributed by atoms with Gasteiger partial charge in [0.15, 0.2) is 0 Å². The van der Waals surface area contributed by atoms with Gasteiger partial charge in [-0.1, -0.05) is 393 Å². The standard InChI is InChI=1S/C74H53NO.C67H47NO/c1-73(2)67-41-55(53-23-21-46-11-5-7-13-51(46)39-53)27-34-61(67)63-37-32-59(44-69(63)73)75(58-30-25-49(26-31-58)48-17-19-50(20-18-48)57-29-36-66-65-15-9-10-16-71(65)76-72(66)43-57)60-33-38-64-62-35-28-56(42-68(62)74(3,4)70(64)45-60)54-24-22-47-12-6-8-14-52(47)40-54;1-67(2)63-41-54(53-25-24-45-12-6-7-13-52(45)40-53)30-37-59(63)60-39-36-58(43-64(60)67)68(56-32-26-49(27-33-56)47-18-16-46(17-19-47)44-10-4-3-5-11-44)57-34-28-50(29-35-57)48-20-22-51(23-21-48)55-31-38-62-61-14-8-9-15-65(61)69-66(62)42-55/h5-45H,1-4H3;3-43H,1-2H3. The third-order valence-corrected chi connectivity index (χ3v) is 31.6. The van der Waals surface area contributed by atoms with E-state index in [1.807, 2.05) is 24.3 Å². The molecular formula is C141H100N2O2. The first-order valence-corrected chi connectivity index (χ1v) is 50.5.